The third-order valence-corrected chi connectivity index (χ3v) is 4.07. The van der Waals surface area contributed by atoms with Gasteiger partial charge in [0.1, 0.15) is 17.6 Å². The SMILES string of the molecule is Cc1cc(C#N)cnc1C(=O)Nc1ccc2c(n1)C(c1ccoc1)=NC2. The van der Waals surface area contributed by atoms with E-state index >= 15 is 0 Å². The van der Waals surface area contributed by atoms with E-state index < -0.39 is 0 Å². The monoisotopic (exact) mass is 343 g/mol. The van der Waals surface area contributed by atoms with Crippen LogP contribution in [0.2, 0.25) is 0 Å². The topological polar surface area (TPSA) is 104 Å². The number of anilines is 1. The van der Waals surface area contributed by atoms with E-state index in [1.807, 2.05) is 18.2 Å². The Balaban J connectivity index is 1.61. The Morgan fingerprint density at radius 3 is 2.96 bits per heavy atom. The van der Waals surface area contributed by atoms with E-state index in [1.54, 1.807) is 31.6 Å². The molecule has 0 spiro atoms. The third kappa shape index (κ3) is 2.74. The van der Waals surface area contributed by atoms with Crippen LogP contribution < -0.4 is 5.32 Å². The first-order chi connectivity index (χ1) is 12.7. The molecule has 1 aliphatic rings. The lowest BCUT2D eigenvalue weighted by atomic mass is 10.1. The Morgan fingerprint density at radius 2 is 2.23 bits per heavy atom. The molecule has 4 rings (SSSR count). The van der Waals surface area contributed by atoms with Crippen molar-refractivity contribution in [2.24, 2.45) is 4.99 Å². The molecule has 3 aromatic rings. The van der Waals surface area contributed by atoms with Crippen LogP contribution in [0.15, 0.2) is 52.4 Å². The number of amides is 1. The highest BCUT2D eigenvalue weighted by atomic mass is 16.3. The largest absolute Gasteiger partial charge is 0.472 e. The molecule has 126 valence electrons. The van der Waals surface area contributed by atoms with Crippen molar-refractivity contribution in [1.82, 2.24) is 9.97 Å². The Bertz CT molecular complexity index is 1080. The minimum Gasteiger partial charge on any atom is -0.472 e. The zero-order valence-electron chi connectivity index (χ0n) is 13.9. The highest BCUT2D eigenvalue weighted by molar-refractivity contribution is 6.14. The highest BCUT2D eigenvalue weighted by Gasteiger charge is 2.21. The van der Waals surface area contributed by atoms with Crippen molar-refractivity contribution in [3.05, 3.63) is 76.6 Å². The smallest absolute Gasteiger partial charge is 0.275 e. The van der Waals surface area contributed by atoms with E-state index in [0.717, 1.165) is 22.5 Å². The van der Waals surface area contributed by atoms with E-state index in [0.29, 0.717) is 23.5 Å². The highest BCUT2D eigenvalue weighted by Crippen LogP contribution is 2.23. The summed E-state index contributed by atoms with van der Waals surface area (Å²) in [5, 5.41) is 11.7. The summed E-state index contributed by atoms with van der Waals surface area (Å²) >= 11 is 0. The second kappa shape index (κ2) is 6.26. The first kappa shape index (κ1) is 15.7. The number of fused-ring (bicyclic) bond motifs is 1. The summed E-state index contributed by atoms with van der Waals surface area (Å²) < 4.78 is 5.12. The number of nitrogens with zero attached hydrogens (tertiary/aromatic N) is 4. The molecular formula is C19H13N5O2. The molecule has 1 N–H and O–H groups in total. The predicted octanol–water partition coefficient (Wildman–Crippen LogP) is 2.85. The maximum Gasteiger partial charge on any atom is 0.275 e. The lowest BCUT2D eigenvalue weighted by Crippen LogP contribution is -2.17. The average Bonchev–Trinajstić information content (AvgIpc) is 3.30. The Hall–Kier alpha value is -3.79. The van der Waals surface area contributed by atoms with Gasteiger partial charge in [-0.2, -0.15) is 5.26 Å². The number of furan rings is 1. The molecule has 0 saturated heterocycles. The standard InChI is InChI=1S/C19H13N5O2/c1-11-6-12(7-20)8-21-16(11)19(25)24-15-3-2-13-9-22-17(18(13)23-15)14-4-5-26-10-14/h2-6,8,10H,9H2,1H3,(H,23,24,25). The first-order valence-corrected chi connectivity index (χ1v) is 7.91. The van der Waals surface area contributed by atoms with Crippen molar-refractivity contribution in [2.45, 2.75) is 13.5 Å². The maximum atomic E-state index is 12.5. The molecule has 0 bridgehead atoms. The van der Waals surface area contributed by atoms with E-state index in [9.17, 15) is 4.79 Å². The van der Waals surface area contributed by atoms with Crippen LogP contribution >= 0.6 is 0 Å². The number of hydrogen-bond donors (Lipinski definition) is 1. The molecule has 26 heavy (non-hydrogen) atoms. The minimum atomic E-state index is -0.376. The molecule has 0 saturated carbocycles. The number of pyridine rings is 2. The van der Waals surface area contributed by atoms with Crippen LogP contribution in [-0.2, 0) is 6.54 Å². The molecule has 0 atom stereocenters. The zero-order chi connectivity index (χ0) is 18.1. The number of aromatic nitrogens is 2. The number of carbonyl (C=O) groups is 1. The Morgan fingerprint density at radius 1 is 1.35 bits per heavy atom. The van der Waals surface area contributed by atoms with Crippen molar-refractivity contribution in [3.63, 3.8) is 0 Å². The Kier molecular flexibility index (Phi) is 3.78. The summed E-state index contributed by atoms with van der Waals surface area (Å²) in [7, 11) is 0. The second-order valence-corrected chi connectivity index (χ2v) is 5.84. The molecule has 0 unspecified atom stereocenters. The van der Waals surface area contributed by atoms with E-state index in [2.05, 4.69) is 20.3 Å². The van der Waals surface area contributed by atoms with Gasteiger partial charge in [0, 0.05) is 17.3 Å². The zero-order valence-corrected chi connectivity index (χ0v) is 13.9. The lowest BCUT2D eigenvalue weighted by molar-refractivity contribution is 0.102. The minimum absolute atomic E-state index is 0.259. The van der Waals surface area contributed by atoms with Crippen molar-refractivity contribution in [2.75, 3.05) is 5.32 Å². The number of aryl methyl sites for hydroxylation is 1. The van der Waals surface area contributed by atoms with E-state index in [-0.39, 0.29) is 11.6 Å². The average molecular weight is 343 g/mol. The van der Waals surface area contributed by atoms with Crippen molar-refractivity contribution >= 4 is 17.4 Å². The third-order valence-electron chi connectivity index (χ3n) is 4.07. The van der Waals surface area contributed by atoms with Crippen LogP contribution in [0.25, 0.3) is 0 Å². The number of nitrogens with one attached hydrogen (secondary N) is 1. The number of rotatable bonds is 3. The molecular weight excluding hydrogens is 330 g/mol. The van der Waals surface area contributed by atoms with Crippen LogP contribution in [0.4, 0.5) is 5.82 Å². The fourth-order valence-corrected chi connectivity index (χ4v) is 2.81. The molecule has 0 radical (unpaired) electrons. The molecule has 0 aromatic carbocycles. The van der Waals surface area contributed by atoms with Crippen molar-refractivity contribution in [3.8, 4) is 6.07 Å². The van der Waals surface area contributed by atoms with Crippen LogP contribution in [0.5, 0.6) is 0 Å². The fraction of sp³-hybridized carbons (Fsp3) is 0.105. The summed E-state index contributed by atoms with van der Waals surface area (Å²) in [6, 6.07) is 9.09. The van der Waals surface area contributed by atoms with Crippen LogP contribution in [0.3, 0.4) is 0 Å². The first-order valence-electron chi connectivity index (χ1n) is 7.91. The van der Waals surface area contributed by atoms with Gasteiger partial charge in [0.15, 0.2) is 0 Å². The lowest BCUT2D eigenvalue weighted by Gasteiger charge is -2.08. The number of hydrogen-bond acceptors (Lipinski definition) is 6. The summed E-state index contributed by atoms with van der Waals surface area (Å²) in [6.07, 6.45) is 4.58. The molecule has 4 heterocycles. The molecule has 1 aliphatic heterocycles. The second-order valence-electron chi connectivity index (χ2n) is 5.84. The van der Waals surface area contributed by atoms with Gasteiger partial charge in [0.05, 0.1) is 36.0 Å². The summed E-state index contributed by atoms with van der Waals surface area (Å²) in [5.74, 6) is 0.0386. The molecule has 0 aliphatic carbocycles. The van der Waals surface area contributed by atoms with Gasteiger partial charge in [-0.1, -0.05) is 6.07 Å². The quantitative estimate of drug-likeness (QED) is 0.787. The molecule has 7 nitrogen and oxygen atoms in total. The van der Waals surface area contributed by atoms with Crippen LogP contribution in [0, 0.1) is 18.3 Å². The van der Waals surface area contributed by atoms with E-state index in [4.69, 9.17) is 9.68 Å². The van der Waals surface area contributed by atoms with Gasteiger partial charge in [0.2, 0.25) is 0 Å². The summed E-state index contributed by atoms with van der Waals surface area (Å²) in [5.41, 5.74) is 4.62. The number of carbonyl (C=O) groups excluding carboxylic acids is 1. The molecule has 7 heteroatoms. The number of nitriles is 1. The fourth-order valence-electron chi connectivity index (χ4n) is 2.81. The maximum absolute atomic E-state index is 12.5. The van der Waals surface area contributed by atoms with Gasteiger partial charge >= 0.3 is 0 Å². The Labute approximate surface area is 149 Å². The molecule has 1 amide bonds. The van der Waals surface area contributed by atoms with Gasteiger partial charge in [-0.3, -0.25) is 9.79 Å². The van der Waals surface area contributed by atoms with Gasteiger partial charge in [-0.25, -0.2) is 9.97 Å². The van der Waals surface area contributed by atoms with E-state index in [1.165, 1.54) is 6.20 Å². The van der Waals surface area contributed by atoms with Crippen molar-refractivity contribution in [1.29, 1.82) is 5.26 Å². The van der Waals surface area contributed by atoms with Crippen LogP contribution in [-0.4, -0.2) is 21.6 Å². The normalized spacial score (nSPS) is 12.2. The van der Waals surface area contributed by atoms with Gasteiger partial charge < -0.3 is 9.73 Å². The molecule has 3 aromatic heterocycles. The number of aliphatic imine (C=N–C) groups is 1. The van der Waals surface area contributed by atoms with Gasteiger partial charge in [-0.15, -0.1) is 0 Å². The van der Waals surface area contributed by atoms with Gasteiger partial charge in [-0.05, 0) is 30.7 Å². The molecule has 0 fully saturated rings. The van der Waals surface area contributed by atoms with Crippen molar-refractivity contribution < 1.29 is 9.21 Å². The summed E-state index contributed by atoms with van der Waals surface area (Å²) in [4.78, 5) is 25.6. The summed E-state index contributed by atoms with van der Waals surface area (Å²) in [6.45, 7) is 2.29. The predicted molar refractivity (Wildman–Crippen MR) is 93.9 cm³/mol. The van der Waals surface area contributed by atoms with Crippen LogP contribution in [0.1, 0.15) is 38.4 Å². The van der Waals surface area contributed by atoms with Gasteiger partial charge in [0.25, 0.3) is 5.91 Å².